The fourth-order valence-corrected chi connectivity index (χ4v) is 3.93. The lowest BCUT2D eigenvalue weighted by atomic mass is 9.97. The van der Waals surface area contributed by atoms with Crippen LogP contribution in [0, 0.1) is 5.92 Å². The van der Waals surface area contributed by atoms with E-state index in [1.165, 1.54) is 0 Å². The Balaban J connectivity index is 1.68. The van der Waals surface area contributed by atoms with Crippen molar-refractivity contribution in [1.82, 2.24) is 10.4 Å². The van der Waals surface area contributed by atoms with Gasteiger partial charge >= 0.3 is 0 Å². The smallest absolute Gasteiger partial charge is 0.274 e. The maximum atomic E-state index is 13.4. The standard InChI is InChI=1S/C22H24N2O5/c25-21(23-27)16-8-9-17-12-24(22(26)18-7-4-10-28-13-18)19(14-29-20(17)11-16)15-5-2-1-3-6-15/h1-3,5-6,8-9,11,18-19,27H,4,7,10,12-14H2,(H,23,25)/t18-,19?/m0/s1. The third-order valence-corrected chi connectivity index (χ3v) is 5.52. The molecule has 7 heteroatoms. The summed E-state index contributed by atoms with van der Waals surface area (Å²) in [6.45, 7) is 1.81. The molecule has 0 spiro atoms. The van der Waals surface area contributed by atoms with Crippen molar-refractivity contribution in [3.05, 3.63) is 65.2 Å². The SMILES string of the molecule is O=C(NO)c1ccc2c(c1)OCC(c1ccccc1)N(C(=O)[C@H]1CCCOC1)C2. The normalized spacial score (nSPS) is 21.5. The predicted molar refractivity (Wildman–Crippen MR) is 104 cm³/mol. The van der Waals surface area contributed by atoms with Crippen molar-refractivity contribution in [2.24, 2.45) is 5.92 Å². The summed E-state index contributed by atoms with van der Waals surface area (Å²) in [5.74, 6) is -0.155. The van der Waals surface area contributed by atoms with Crippen molar-refractivity contribution in [3.63, 3.8) is 0 Å². The Morgan fingerprint density at radius 3 is 2.66 bits per heavy atom. The number of hydroxylamine groups is 1. The van der Waals surface area contributed by atoms with Gasteiger partial charge in [0.25, 0.3) is 5.91 Å². The van der Waals surface area contributed by atoms with Gasteiger partial charge in [-0.3, -0.25) is 14.8 Å². The molecule has 2 amide bonds. The first kappa shape index (κ1) is 19.4. The fraction of sp³-hybridized carbons (Fsp3) is 0.364. The molecule has 7 nitrogen and oxygen atoms in total. The molecule has 2 atom stereocenters. The zero-order valence-electron chi connectivity index (χ0n) is 16.0. The van der Waals surface area contributed by atoms with Crippen LogP contribution in [0.15, 0.2) is 48.5 Å². The minimum Gasteiger partial charge on any atom is -0.491 e. The lowest BCUT2D eigenvalue weighted by Crippen LogP contribution is -2.42. The zero-order valence-corrected chi connectivity index (χ0v) is 16.0. The van der Waals surface area contributed by atoms with Gasteiger partial charge in [0.2, 0.25) is 5.91 Å². The van der Waals surface area contributed by atoms with E-state index in [0.717, 1.165) is 24.0 Å². The highest BCUT2D eigenvalue weighted by molar-refractivity contribution is 5.93. The van der Waals surface area contributed by atoms with Gasteiger partial charge in [-0.2, -0.15) is 0 Å². The van der Waals surface area contributed by atoms with Gasteiger partial charge in [0.1, 0.15) is 12.4 Å². The third-order valence-electron chi connectivity index (χ3n) is 5.52. The number of nitrogens with zero attached hydrogens (tertiary/aromatic N) is 1. The largest absolute Gasteiger partial charge is 0.491 e. The molecule has 2 aliphatic heterocycles. The average Bonchev–Trinajstić information content (AvgIpc) is 2.98. The number of benzene rings is 2. The molecule has 1 unspecified atom stereocenters. The molecule has 0 radical (unpaired) electrons. The molecule has 152 valence electrons. The van der Waals surface area contributed by atoms with Gasteiger partial charge in [0.05, 0.1) is 25.1 Å². The van der Waals surface area contributed by atoms with Gasteiger partial charge in [-0.25, -0.2) is 5.48 Å². The van der Waals surface area contributed by atoms with Crippen LogP contribution in [-0.2, 0) is 16.1 Å². The van der Waals surface area contributed by atoms with Crippen molar-refractivity contribution >= 4 is 11.8 Å². The van der Waals surface area contributed by atoms with Crippen LogP contribution in [0.5, 0.6) is 5.75 Å². The number of carbonyl (C=O) groups is 2. The molecule has 29 heavy (non-hydrogen) atoms. The Kier molecular flexibility index (Phi) is 5.78. The number of ether oxygens (including phenoxy) is 2. The summed E-state index contributed by atoms with van der Waals surface area (Å²) < 4.78 is 11.6. The summed E-state index contributed by atoms with van der Waals surface area (Å²) in [4.78, 5) is 27.0. The highest BCUT2D eigenvalue weighted by Gasteiger charge is 2.34. The maximum Gasteiger partial charge on any atom is 0.274 e. The predicted octanol–water partition coefficient (Wildman–Crippen LogP) is 2.69. The molecule has 0 bridgehead atoms. The second kappa shape index (κ2) is 8.63. The van der Waals surface area contributed by atoms with Crippen molar-refractivity contribution in [2.75, 3.05) is 19.8 Å². The minimum atomic E-state index is -0.604. The van der Waals surface area contributed by atoms with E-state index in [0.29, 0.717) is 31.1 Å². The number of fused-ring (bicyclic) bond motifs is 1. The van der Waals surface area contributed by atoms with Crippen LogP contribution in [0.25, 0.3) is 0 Å². The molecular formula is C22H24N2O5. The molecule has 2 heterocycles. The number of carbonyl (C=O) groups excluding carboxylic acids is 2. The van der Waals surface area contributed by atoms with Crippen LogP contribution < -0.4 is 10.2 Å². The van der Waals surface area contributed by atoms with Crippen LogP contribution >= 0.6 is 0 Å². The summed E-state index contributed by atoms with van der Waals surface area (Å²) in [5, 5.41) is 8.89. The van der Waals surface area contributed by atoms with E-state index in [4.69, 9.17) is 14.7 Å². The summed E-state index contributed by atoms with van der Waals surface area (Å²) in [7, 11) is 0. The Hall–Kier alpha value is -2.90. The molecule has 1 fully saturated rings. The van der Waals surface area contributed by atoms with E-state index in [-0.39, 0.29) is 24.5 Å². The van der Waals surface area contributed by atoms with E-state index >= 15 is 0 Å². The number of rotatable bonds is 3. The first-order valence-electron chi connectivity index (χ1n) is 9.80. The van der Waals surface area contributed by atoms with Crippen LogP contribution in [-0.4, -0.2) is 41.7 Å². The van der Waals surface area contributed by atoms with Gasteiger partial charge in [-0.15, -0.1) is 0 Å². The van der Waals surface area contributed by atoms with Crippen molar-refractivity contribution in [2.45, 2.75) is 25.4 Å². The average molecular weight is 396 g/mol. The van der Waals surface area contributed by atoms with E-state index in [1.807, 2.05) is 35.2 Å². The lowest BCUT2D eigenvalue weighted by molar-refractivity contribution is -0.143. The van der Waals surface area contributed by atoms with Gasteiger partial charge in [-0.05, 0) is 30.5 Å². The Morgan fingerprint density at radius 2 is 1.93 bits per heavy atom. The molecule has 2 aromatic rings. The van der Waals surface area contributed by atoms with Crippen LogP contribution in [0.2, 0.25) is 0 Å². The number of hydrogen-bond acceptors (Lipinski definition) is 5. The molecule has 1 saturated heterocycles. The van der Waals surface area contributed by atoms with Crippen molar-refractivity contribution in [3.8, 4) is 5.75 Å². The first-order chi connectivity index (χ1) is 14.2. The van der Waals surface area contributed by atoms with E-state index < -0.39 is 5.91 Å². The third kappa shape index (κ3) is 4.11. The summed E-state index contributed by atoms with van der Waals surface area (Å²) in [6.07, 6.45) is 1.70. The minimum absolute atomic E-state index is 0.0622. The molecular weight excluding hydrogens is 372 g/mol. The molecule has 2 N–H and O–H groups in total. The molecule has 0 aromatic heterocycles. The molecule has 0 saturated carbocycles. The Bertz CT molecular complexity index is 880. The monoisotopic (exact) mass is 396 g/mol. The number of hydrogen-bond donors (Lipinski definition) is 2. The Labute approximate surface area is 169 Å². The van der Waals surface area contributed by atoms with Crippen LogP contribution in [0.4, 0.5) is 0 Å². The summed E-state index contributed by atoms with van der Waals surface area (Å²) in [6, 6.07) is 14.6. The quantitative estimate of drug-likeness (QED) is 0.615. The van der Waals surface area contributed by atoms with E-state index in [2.05, 4.69) is 0 Å². The Morgan fingerprint density at radius 1 is 1.10 bits per heavy atom. The summed E-state index contributed by atoms with van der Waals surface area (Å²) >= 11 is 0. The topological polar surface area (TPSA) is 88.1 Å². The van der Waals surface area contributed by atoms with Gasteiger partial charge in [0, 0.05) is 17.7 Å². The zero-order chi connectivity index (χ0) is 20.2. The summed E-state index contributed by atoms with van der Waals surface area (Å²) in [5.41, 5.74) is 3.75. The first-order valence-corrected chi connectivity index (χ1v) is 9.80. The van der Waals surface area contributed by atoms with Crippen molar-refractivity contribution in [1.29, 1.82) is 0 Å². The van der Waals surface area contributed by atoms with Crippen LogP contribution in [0.1, 0.15) is 40.4 Å². The molecule has 2 aliphatic rings. The van der Waals surface area contributed by atoms with Gasteiger partial charge in [0.15, 0.2) is 0 Å². The second-order valence-electron chi connectivity index (χ2n) is 7.38. The fourth-order valence-electron chi connectivity index (χ4n) is 3.93. The highest BCUT2D eigenvalue weighted by Crippen LogP contribution is 2.34. The number of amides is 2. The molecule has 2 aromatic carbocycles. The second-order valence-corrected chi connectivity index (χ2v) is 7.38. The van der Waals surface area contributed by atoms with Gasteiger partial charge in [-0.1, -0.05) is 36.4 Å². The van der Waals surface area contributed by atoms with Crippen LogP contribution in [0.3, 0.4) is 0 Å². The van der Waals surface area contributed by atoms with Crippen molar-refractivity contribution < 1.29 is 24.3 Å². The molecule has 4 rings (SSSR count). The van der Waals surface area contributed by atoms with E-state index in [9.17, 15) is 9.59 Å². The molecule has 0 aliphatic carbocycles. The highest BCUT2D eigenvalue weighted by atomic mass is 16.5. The lowest BCUT2D eigenvalue weighted by Gasteiger charge is -2.34. The number of nitrogens with one attached hydrogen (secondary N) is 1. The maximum absolute atomic E-state index is 13.4. The van der Waals surface area contributed by atoms with E-state index in [1.54, 1.807) is 23.7 Å². The van der Waals surface area contributed by atoms with Gasteiger partial charge < -0.3 is 14.4 Å².